The number of carbonyl (C=O) groups is 1. The minimum Gasteiger partial charge on any atom is -0.381 e. The molecule has 0 unspecified atom stereocenters. The van der Waals surface area contributed by atoms with Gasteiger partial charge in [0.15, 0.2) is 5.82 Å². The molecule has 150 valence electrons. The Kier molecular flexibility index (Phi) is 5.70. The van der Waals surface area contributed by atoms with Crippen molar-refractivity contribution in [2.45, 2.75) is 38.3 Å². The molecule has 4 rings (SSSR count). The molecule has 9 heteroatoms. The second kappa shape index (κ2) is 8.55. The number of nitrogens with one attached hydrogen (secondary N) is 1. The summed E-state index contributed by atoms with van der Waals surface area (Å²) in [6.07, 6.45) is 6.96. The van der Waals surface area contributed by atoms with E-state index >= 15 is 0 Å². The lowest BCUT2D eigenvalue weighted by atomic mass is 9.97. The average Bonchev–Trinajstić information content (AvgIpc) is 3.26. The number of hydrogen-bond acceptors (Lipinski definition) is 5. The second-order valence-corrected chi connectivity index (χ2v) is 7.43. The normalized spacial score (nSPS) is 18.9. The molecule has 0 bridgehead atoms. The molecule has 28 heavy (non-hydrogen) atoms. The van der Waals surface area contributed by atoms with Gasteiger partial charge in [-0.3, -0.25) is 4.79 Å². The number of hydrogen-bond donors (Lipinski definition) is 1. The zero-order valence-corrected chi connectivity index (χ0v) is 15.9. The summed E-state index contributed by atoms with van der Waals surface area (Å²) in [6.45, 7) is 3.39. The highest BCUT2D eigenvalue weighted by Gasteiger charge is 2.25. The van der Waals surface area contributed by atoms with Gasteiger partial charge in [-0.25, -0.2) is 14.2 Å². The molecule has 2 amide bonds. The molecule has 0 atom stereocenters. The molecule has 0 radical (unpaired) electrons. The Morgan fingerprint density at radius 2 is 1.96 bits per heavy atom. The molecule has 2 saturated heterocycles. The molecule has 2 aromatic heterocycles. The Labute approximate surface area is 163 Å². The van der Waals surface area contributed by atoms with Crippen LogP contribution >= 0.6 is 0 Å². The lowest BCUT2D eigenvalue weighted by molar-refractivity contribution is 0.0769. The maximum absolute atomic E-state index is 12.5. The number of rotatable bonds is 4. The number of urea groups is 1. The summed E-state index contributed by atoms with van der Waals surface area (Å²) in [5.74, 6) is 0.947. The summed E-state index contributed by atoms with van der Waals surface area (Å²) in [7, 11) is 0. The third kappa shape index (κ3) is 4.41. The molecule has 9 nitrogen and oxygen atoms in total. The molecular weight excluding hydrogens is 360 g/mol. The van der Waals surface area contributed by atoms with Gasteiger partial charge in [-0.2, -0.15) is 5.10 Å². The zero-order valence-electron chi connectivity index (χ0n) is 15.9. The van der Waals surface area contributed by atoms with Gasteiger partial charge in [0.05, 0.1) is 0 Å². The fourth-order valence-electron chi connectivity index (χ4n) is 3.77. The highest BCUT2D eigenvalue weighted by molar-refractivity contribution is 5.74. The van der Waals surface area contributed by atoms with E-state index in [1.54, 1.807) is 23.1 Å². The molecular formula is C19H26N6O3. The van der Waals surface area contributed by atoms with Gasteiger partial charge in [-0.1, -0.05) is 0 Å². The minimum atomic E-state index is -0.115. The Morgan fingerprint density at radius 3 is 2.68 bits per heavy atom. The number of piperidine rings is 1. The van der Waals surface area contributed by atoms with E-state index in [9.17, 15) is 9.59 Å². The monoisotopic (exact) mass is 386 g/mol. The van der Waals surface area contributed by atoms with E-state index < -0.39 is 0 Å². The quantitative estimate of drug-likeness (QED) is 0.847. The largest absolute Gasteiger partial charge is 0.381 e. The smallest absolute Gasteiger partial charge is 0.317 e. The third-order valence-corrected chi connectivity index (χ3v) is 5.47. The van der Waals surface area contributed by atoms with Gasteiger partial charge in [0.2, 0.25) is 0 Å². The van der Waals surface area contributed by atoms with Gasteiger partial charge >= 0.3 is 6.03 Å². The lowest BCUT2D eigenvalue weighted by Gasteiger charge is -2.34. The number of nitrogens with zero attached hydrogens (tertiary/aromatic N) is 5. The molecule has 2 fully saturated rings. The van der Waals surface area contributed by atoms with Crippen molar-refractivity contribution in [3.8, 4) is 5.82 Å². The molecule has 0 aromatic carbocycles. The van der Waals surface area contributed by atoms with Gasteiger partial charge in [-0.05, 0) is 43.7 Å². The molecule has 0 saturated carbocycles. The summed E-state index contributed by atoms with van der Waals surface area (Å²) in [6, 6.07) is 5.25. The molecule has 2 aliphatic rings. The summed E-state index contributed by atoms with van der Waals surface area (Å²) >= 11 is 0. The Balaban J connectivity index is 1.31. The van der Waals surface area contributed by atoms with Crippen LogP contribution in [0.5, 0.6) is 0 Å². The number of aromatic nitrogens is 4. The van der Waals surface area contributed by atoms with Gasteiger partial charge in [0.25, 0.3) is 5.56 Å². The molecule has 4 heterocycles. The van der Waals surface area contributed by atoms with Crippen molar-refractivity contribution >= 4 is 6.03 Å². The van der Waals surface area contributed by atoms with Crippen LogP contribution in [-0.4, -0.2) is 62.8 Å². The zero-order chi connectivity index (χ0) is 19.3. The van der Waals surface area contributed by atoms with E-state index in [-0.39, 0.29) is 17.6 Å². The Hall–Kier alpha value is -2.68. The van der Waals surface area contributed by atoms with E-state index in [2.05, 4.69) is 15.5 Å². The first-order valence-electron chi connectivity index (χ1n) is 9.90. The van der Waals surface area contributed by atoms with Crippen molar-refractivity contribution < 1.29 is 9.53 Å². The summed E-state index contributed by atoms with van der Waals surface area (Å²) in [5.41, 5.74) is -0.115. The summed E-state index contributed by atoms with van der Waals surface area (Å²) in [5, 5.41) is 11.7. The van der Waals surface area contributed by atoms with Gasteiger partial charge < -0.3 is 15.0 Å². The van der Waals surface area contributed by atoms with Crippen LogP contribution in [0.1, 0.15) is 25.7 Å². The first-order valence-corrected chi connectivity index (χ1v) is 9.90. The van der Waals surface area contributed by atoms with Crippen LogP contribution in [0.2, 0.25) is 0 Å². The SMILES string of the molecule is O=C(NC1CCOCC1)N1CCC(Cn2nc(-n3cccn3)ccc2=O)CC1. The van der Waals surface area contributed by atoms with Crippen LogP contribution in [0.15, 0.2) is 35.4 Å². The number of carbonyl (C=O) groups excluding carboxylic acids is 1. The summed E-state index contributed by atoms with van der Waals surface area (Å²) in [4.78, 5) is 26.5. The maximum atomic E-state index is 12.5. The van der Waals surface area contributed by atoms with Gasteiger partial charge in [0.1, 0.15) is 0 Å². The molecule has 2 aromatic rings. The number of likely N-dealkylation sites (tertiary alicyclic amines) is 1. The van der Waals surface area contributed by atoms with Crippen LogP contribution in [0.3, 0.4) is 0 Å². The second-order valence-electron chi connectivity index (χ2n) is 7.43. The van der Waals surface area contributed by atoms with Crippen LogP contribution in [0, 0.1) is 5.92 Å². The van der Waals surface area contributed by atoms with E-state index in [0.717, 1.165) is 25.7 Å². The standard InChI is InChI=1S/C19H26N6O3/c26-18-3-2-17(24-9-1-8-20-24)22-25(18)14-15-4-10-23(11-5-15)19(27)21-16-6-12-28-13-7-16/h1-3,8-9,15-16H,4-7,10-14H2,(H,21,27). The minimum absolute atomic E-state index is 0.0151. The van der Waals surface area contributed by atoms with Crippen LogP contribution in [0.25, 0.3) is 5.82 Å². The predicted molar refractivity (Wildman–Crippen MR) is 102 cm³/mol. The highest BCUT2D eigenvalue weighted by atomic mass is 16.5. The fourth-order valence-corrected chi connectivity index (χ4v) is 3.77. The van der Waals surface area contributed by atoms with E-state index in [1.165, 1.54) is 10.7 Å². The Morgan fingerprint density at radius 1 is 1.18 bits per heavy atom. The van der Waals surface area contributed by atoms with E-state index in [4.69, 9.17) is 4.74 Å². The predicted octanol–water partition coefficient (Wildman–Crippen LogP) is 1.03. The maximum Gasteiger partial charge on any atom is 0.317 e. The van der Waals surface area contributed by atoms with Gasteiger partial charge in [-0.15, -0.1) is 5.10 Å². The van der Waals surface area contributed by atoms with E-state index in [0.29, 0.717) is 44.6 Å². The first-order chi connectivity index (χ1) is 13.7. The van der Waals surface area contributed by atoms with Crippen LogP contribution < -0.4 is 10.9 Å². The molecule has 2 aliphatic heterocycles. The van der Waals surface area contributed by atoms with Crippen molar-refractivity contribution in [1.82, 2.24) is 29.8 Å². The molecule has 1 N–H and O–H groups in total. The van der Waals surface area contributed by atoms with Crippen molar-refractivity contribution in [2.24, 2.45) is 5.92 Å². The van der Waals surface area contributed by atoms with Crippen molar-refractivity contribution in [3.63, 3.8) is 0 Å². The Bertz CT molecular complexity index is 836. The first kappa shape index (κ1) is 18.7. The van der Waals surface area contributed by atoms with Gasteiger partial charge in [0, 0.05) is 57.3 Å². The van der Waals surface area contributed by atoms with Crippen LogP contribution in [0.4, 0.5) is 4.79 Å². The third-order valence-electron chi connectivity index (χ3n) is 5.47. The van der Waals surface area contributed by atoms with E-state index in [1.807, 2.05) is 11.0 Å². The van der Waals surface area contributed by atoms with Crippen molar-refractivity contribution in [2.75, 3.05) is 26.3 Å². The number of ether oxygens (including phenoxy) is 1. The topological polar surface area (TPSA) is 94.3 Å². The average molecular weight is 386 g/mol. The number of amides is 2. The highest BCUT2D eigenvalue weighted by Crippen LogP contribution is 2.19. The van der Waals surface area contributed by atoms with Crippen molar-refractivity contribution in [3.05, 3.63) is 40.9 Å². The van der Waals surface area contributed by atoms with Crippen LogP contribution in [-0.2, 0) is 11.3 Å². The molecule has 0 spiro atoms. The lowest BCUT2D eigenvalue weighted by Crippen LogP contribution is -2.49. The van der Waals surface area contributed by atoms with Crippen molar-refractivity contribution in [1.29, 1.82) is 0 Å². The summed E-state index contributed by atoms with van der Waals surface area (Å²) < 4.78 is 8.49. The fraction of sp³-hybridized carbons (Fsp3) is 0.579. The molecule has 0 aliphatic carbocycles.